The quantitative estimate of drug-likeness (QED) is 0.321. The number of nitrogens with zero attached hydrogens (tertiary/aromatic N) is 2. The van der Waals surface area contributed by atoms with Crippen LogP contribution in [0.25, 0.3) is 0 Å². The SMILES string of the molecule is C=CCN(C(=O)C1N([C@@H](CO)Cc2ccccc2)C(=O)[C@@H]2[C@H](C(=O)OCC)[C@@H]3CC(C)C12S3)c1ccc(OC)cc1. The number of carbonyl (C=O) groups excluding carboxylic acids is 3. The Bertz CT molecular complexity index is 1290. The van der Waals surface area contributed by atoms with Crippen LogP contribution in [0, 0.1) is 17.8 Å². The number of likely N-dealkylation sites (tertiary alicyclic amines) is 1. The number of aliphatic hydroxyl groups excluding tert-OH is 1. The van der Waals surface area contributed by atoms with Crippen LogP contribution in [0.5, 0.6) is 5.75 Å². The molecule has 7 atom stereocenters. The number of hydrogen-bond donors (Lipinski definition) is 1. The van der Waals surface area contributed by atoms with E-state index in [1.165, 1.54) is 0 Å². The van der Waals surface area contributed by atoms with Gasteiger partial charge in [-0.1, -0.05) is 43.3 Å². The average Bonchev–Trinajstić information content (AvgIpc) is 3.58. The minimum Gasteiger partial charge on any atom is -0.497 e. The Morgan fingerprint density at radius 1 is 1.22 bits per heavy atom. The number of carbonyl (C=O) groups is 3. The molecule has 8 nitrogen and oxygen atoms in total. The van der Waals surface area contributed by atoms with Gasteiger partial charge in [0.1, 0.15) is 11.8 Å². The Kier molecular flexibility index (Phi) is 8.47. The van der Waals surface area contributed by atoms with Gasteiger partial charge in [-0.05, 0) is 55.5 Å². The van der Waals surface area contributed by atoms with E-state index < -0.39 is 28.7 Å². The predicted molar refractivity (Wildman–Crippen MR) is 159 cm³/mol. The lowest BCUT2D eigenvalue weighted by atomic mass is 9.66. The summed E-state index contributed by atoms with van der Waals surface area (Å²) in [4.78, 5) is 45.9. The van der Waals surface area contributed by atoms with E-state index in [-0.39, 0.29) is 48.7 Å². The number of aliphatic hydroxyl groups is 1. The maximum Gasteiger partial charge on any atom is 0.310 e. The summed E-state index contributed by atoms with van der Waals surface area (Å²) in [7, 11) is 1.58. The maximum absolute atomic E-state index is 14.8. The van der Waals surface area contributed by atoms with Gasteiger partial charge in [0.25, 0.3) is 5.91 Å². The van der Waals surface area contributed by atoms with Gasteiger partial charge in [-0.3, -0.25) is 14.4 Å². The smallest absolute Gasteiger partial charge is 0.310 e. The van der Waals surface area contributed by atoms with E-state index in [2.05, 4.69) is 13.5 Å². The molecule has 218 valence electrons. The van der Waals surface area contributed by atoms with E-state index in [0.717, 1.165) is 5.56 Å². The summed E-state index contributed by atoms with van der Waals surface area (Å²) < 4.78 is 9.95. The molecule has 2 aromatic rings. The first kappa shape index (κ1) is 29.2. The molecule has 0 saturated carbocycles. The second kappa shape index (κ2) is 11.9. The third-order valence-corrected chi connectivity index (χ3v) is 10.9. The van der Waals surface area contributed by atoms with Crippen molar-refractivity contribution in [3.8, 4) is 5.75 Å². The number of hydrogen-bond acceptors (Lipinski definition) is 7. The zero-order chi connectivity index (χ0) is 29.3. The Balaban J connectivity index is 1.62. The number of amides is 2. The zero-order valence-corrected chi connectivity index (χ0v) is 24.6. The van der Waals surface area contributed by atoms with Crippen LogP contribution in [0.15, 0.2) is 67.3 Å². The lowest BCUT2D eigenvalue weighted by molar-refractivity contribution is -0.154. The summed E-state index contributed by atoms with van der Waals surface area (Å²) in [5.41, 5.74) is 1.60. The summed E-state index contributed by atoms with van der Waals surface area (Å²) in [6, 6.07) is 15.3. The first-order valence-electron chi connectivity index (χ1n) is 14.2. The number of thioether (sulfide) groups is 1. The van der Waals surface area contributed by atoms with Crippen molar-refractivity contribution in [1.29, 1.82) is 0 Å². The zero-order valence-electron chi connectivity index (χ0n) is 23.8. The summed E-state index contributed by atoms with van der Waals surface area (Å²) in [5.74, 6) is -1.57. The Morgan fingerprint density at radius 2 is 1.93 bits per heavy atom. The Hall–Kier alpha value is -3.30. The van der Waals surface area contributed by atoms with E-state index in [1.54, 1.807) is 53.8 Å². The number of esters is 1. The van der Waals surface area contributed by atoms with Crippen molar-refractivity contribution in [2.75, 3.05) is 31.8 Å². The molecule has 1 N–H and O–H groups in total. The fourth-order valence-electron chi connectivity index (χ4n) is 7.14. The molecule has 0 aromatic heterocycles. The monoisotopic (exact) mass is 578 g/mol. The van der Waals surface area contributed by atoms with Gasteiger partial charge in [0.2, 0.25) is 5.91 Å². The van der Waals surface area contributed by atoms with Crippen molar-refractivity contribution in [2.24, 2.45) is 17.8 Å². The molecule has 3 unspecified atom stereocenters. The van der Waals surface area contributed by atoms with Crippen molar-refractivity contribution in [3.05, 3.63) is 72.8 Å². The predicted octanol–water partition coefficient (Wildman–Crippen LogP) is 3.72. The highest BCUT2D eigenvalue weighted by molar-refractivity contribution is 8.02. The highest BCUT2D eigenvalue weighted by atomic mass is 32.2. The van der Waals surface area contributed by atoms with E-state index in [9.17, 15) is 19.5 Å². The van der Waals surface area contributed by atoms with E-state index in [0.29, 0.717) is 24.3 Å². The minimum atomic E-state index is -0.882. The topological polar surface area (TPSA) is 96.4 Å². The molecular weight excluding hydrogens is 540 g/mol. The summed E-state index contributed by atoms with van der Waals surface area (Å²) >= 11 is 1.60. The molecule has 3 fully saturated rings. The molecule has 3 aliphatic rings. The lowest BCUT2D eigenvalue weighted by Crippen LogP contribution is -2.59. The van der Waals surface area contributed by atoms with Gasteiger partial charge in [-0.2, -0.15) is 0 Å². The number of ether oxygens (including phenoxy) is 2. The number of methoxy groups -OCH3 is 1. The second-order valence-electron chi connectivity index (χ2n) is 11.0. The van der Waals surface area contributed by atoms with Crippen molar-refractivity contribution < 1.29 is 29.0 Å². The molecule has 2 amide bonds. The van der Waals surface area contributed by atoms with Gasteiger partial charge in [-0.15, -0.1) is 18.3 Å². The lowest BCUT2D eigenvalue weighted by Gasteiger charge is -2.42. The van der Waals surface area contributed by atoms with Gasteiger partial charge in [0.15, 0.2) is 0 Å². The maximum atomic E-state index is 14.8. The van der Waals surface area contributed by atoms with Crippen LogP contribution in [0.1, 0.15) is 25.8 Å². The molecule has 0 aliphatic carbocycles. The van der Waals surface area contributed by atoms with Gasteiger partial charge < -0.3 is 24.4 Å². The van der Waals surface area contributed by atoms with Gasteiger partial charge in [0, 0.05) is 17.5 Å². The number of benzene rings is 2. The van der Waals surface area contributed by atoms with Crippen molar-refractivity contribution in [2.45, 2.75) is 48.8 Å². The molecule has 3 aliphatic heterocycles. The van der Waals surface area contributed by atoms with Crippen molar-refractivity contribution >= 4 is 35.2 Å². The van der Waals surface area contributed by atoms with Crippen LogP contribution >= 0.6 is 11.8 Å². The first-order chi connectivity index (χ1) is 19.8. The molecule has 3 saturated heterocycles. The first-order valence-corrected chi connectivity index (χ1v) is 15.1. The van der Waals surface area contributed by atoms with Crippen LogP contribution in [-0.4, -0.2) is 76.7 Å². The van der Waals surface area contributed by atoms with E-state index in [1.807, 2.05) is 42.5 Å². The third-order valence-electron chi connectivity index (χ3n) is 8.86. The molecule has 2 bridgehead atoms. The number of anilines is 1. The molecule has 0 radical (unpaired) electrons. The molecule has 2 aromatic carbocycles. The van der Waals surface area contributed by atoms with Crippen LogP contribution in [-0.2, 0) is 25.5 Å². The largest absolute Gasteiger partial charge is 0.497 e. The van der Waals surface area contributed by atoms with Crippen LogP contribution < -0.4 is 9.64 Å². The molecule has 3 heterocycles. The van der Waals surface area contributed by atoms with Crippen LogP contribution in [0.4, 0.5) is 5.69 Å². The van der Waals surface area contributed by atoms with Crippen LogP contribution in [0.3, 0.4) is 0 Å². The second-order valence-corrected chi connectivity index (χ2v) is 12.6. The normalized spacial score (nSPS) is 28.7. The molecule has 1 spiro atoms. The third kappa shape index (κ3) is 4.83. The fourth-order valence-corrected chi connectivity index (χ4v) is 9.53. The Labute approximate surface area is 245 Å². The highest BCUT2D eigenvalue weighted by Gasteiger charge is 2.77. The van der Waals surface area contributed by atoms with Gasteiger partial charge >= 0.3 is 5.97 Å². The average molecular weight is 579 g/mol. The minimum absolute atomic E-state index is 0.00593. The molecule has 9 heteroatoms. The van der Waals surface area contributed by atoms with E-state index >= 15 is 0 Å². The summed E-state index contributed by atoms with van der Waals surface area (Å²) in [5, 5.41) is 10.6. The van der Waals surface area contributed by atoms with Crippen LogP contribution in [0.2, 0.25) is 0 Å². The summed E-state index contributed by atoms with van der Waals surface area (Å²) in [6.07, 6.45) is 2.75. The number of fused-ring (bicyclic) bond motifs is 1. The summed E-state index contributed by atoms with van der Waals surface area (Å²) in [6.45, 7) is 7.86. The van der Waals surface area contributed by atoms with Crippen molar-refractivity contribution in [1.82, 2.24) is 4.90 Å². The fraction of sp³-hybridized carbons (Fsp3) is 0.469. The van der Waals surface area contributed by atoms with E-state index in [4.69, 9.17) is 9.47 Å². The highest BCUT2D eigenvalue weighted by Crippen LogP contribution is 2.69. The molecule has 41 heavy (non-hydrogen) atoms. The Morgan fingerprint density at radius 3 is 2.54 bits per heavy atom. The molecule has 5 rings (SSSR count). The van der Waals surface area contributed by atoms with Crippen molar-refractivity contribution in [3.63, 3.8) is 0 Å². The molecular formula is C32H38N2O6S. The standard InChI is InChI=1S/C32H38N2O6S/c1-5-16-33(22-12-14-24(39-4)15-13-22)30(37)28-32-20(3)17-25(41-32)26(31(38)40-6-2)27(32)29(36)34(28)23(19-35)18-21-10-8-7-9-11-21/h5,7-15,20,23,25-28,35H,1,6,16-19H2,2-4H3/t20?,23-,25+,26-,27+,28?,32?/m1/s1. The number of rotatable bonds is 11. The van der Waals surface area contributed by atoms with Gasteiger partial charge in [-0.25, -0.2) is 0 Å². The van der Waals surface area contributed by atoms with Gasteiger partial charge in [0.05, 0.1) is 42.9 Å².